The second-order valence-corrected chi connectivity index (χ2v) is 12.3. The molecule has 0 amide bonds. The first-order valence-corrected chi connectivity index (χ1v) is 12.6. The summed E-state index contributed by atoms with van der Waals surface area (Å²) in [6.07, 6.45) is 1.19. The van der Waals surface area contributed by atoms with Gasteiger partial charge in [-0.1, -0.05) is 41.0 Å². The van der Waals surface area contributed by atoms with Crippen LogP contribution < -0.4 is 0 Å². The van der Waals surface area contributed by atoms with Crippen LogP contribution in [0.1, 0.15) is 81.6 Å². The number of esters is 2. The van der Waals surface area contributed by atoms with E-state index >= 15 is 0 Å². The van der Waals surface area contributed by atoms with Crippen LogP contribution in [0.2, 0.25) is 0 Å². The highest BCUT2D eigenvalue weighted by molar-refractivity contribution is 6.05. The maximum Gasteiger partial charge on any atom is 0.303 e. The zero-order valence-corrected chi connectivity index (χ0v) is 22.1. The molecule has 190 valence electrons. The van der Waals surface area contributed by atoms with Crippen LogP contribution in [0.25, 0.3) is 0 Å². The van der Waals surface area contributed by atoms with Crippen LogP contribution in [-0.2, 0) is 33.3 Å². The van der Waals surface area contributed by atoms with Crippen molar-refractivity contribution in [2.75, 3.05) is 6.61 Å². The van der Waals surface area contributed by atoms with Gasteiger partial charge in [0.25, 0.3) is 0 Å². The summed E-state index contributed by atoms with van der Waals surface area (Å²) >= 11 is 0. The van der Waals surface area contributed by atoms with Gasteiger partial charge >= 0.3 is 11.9 Å². The molecule has 7 nitrogen and oxygen atoms in total. The molecule has 4 rings (SSSR count). The summed E-state index contributed by atoms with van der Waals surface area (Å²) in [6, 6.07) is 0. The lowest BCUT2D eigenvalue weighted by atomic mass is 9.54. The van der Waals surface area contributed by atoms with E-state index in [9.17, 15) is 14.4 Å². The predicted molar refractivity (Wildman–Crippen MR) is 125 cm³/mol. The highest BCUT2D eigenvalue weighted by atomic mass is 16.8. The largest absolute Gasteiger partial charge is 0.465 e. The molecule has 2 fully saturated rings. The van der Waals surface area contributed by atoms with Gasteiger partial charge in [-0.2, -0.15) is 0 Å². The molecule has 1 saturated heterocycles. The van der Waals surface area contributed by atoms with E-state index in [4.69, 9.17) is 18.9 Å². The Hall–Kier alpha value is -1.73. The van der Waals surface area contributed by atoms with Crippen molar-refractivity contribution in [3.63, 3.8) is 0 Å². The number of carbonyl (C=O) groups is 3. The molecule has 0 aromatic heterocycles. The number of rotatable bonds is 4. The molecule has 1 saturated carbocycles. The van der Waals surface area contributed by atoms with Crippen molar-refractivity contribution >= 4 is 17.7 Å². The summed E-state index contributed by atoms with van der Waals surface area (Å²) in [5, 5.41) is 0. The number of hydrogen-bond acceptors (Lipinski definition) is 7. The quantitative estimate of drug-likeness (QED) is 0.557. The van der Waals surface area contributed by atoms with E-state index in [2.05, 4.69) is 20.8 Å². The third-order valence-electron chi connectivity index (χ3n) is 8.77. The van der Waals surface area contributed by atoms with E-state index < -0.39 is 35.0 Å². The molecule has 6 atom stereocenters. The fourth-order valence-corrected chi connectivity index (χ4v) is 7.94. The molecule has 0 N–H and O–H groups in total. The van der Waals surface area contributed by atoms with Gasteiger partial charge in [-0.25, -0.2) is 0 Å². The standard InChI is InChI=1S/C27H40O7/c1-14(2)27-22(33-25(7,8)34-27)18-17(13-31-15(3)28)21-24(5,6)11-10-12-26(21,9)19(18)20(30)23(27)32-16(4)29/h14,17,21-23H,10-13H2,1-9H3/t17-,21-,22-,23?,26+,27-/m0/s1. The Bertz CT molecular complexity index is 945. The first-order chi connectivity index (χ1) is 15.6. The summed E-state index contributed by atoms with van der Waals surface area (Å²) in [4.78, 5) is 38.5. The Labute approximate surface area is 202 Å². The first kappa shape index (κ1) is 25.4. The predicted octanol–water partition coefficient (Wildman–Crippen LogP) is 4.37. The zero-order valence-electron chi connectivity index (χ0n) is 22.1. The number of ketones is 1. The van der Waals surface area contributed by atoms with Crippen LogP contribution in [0, 0.1) is 28.6 Å². The summed E-state index contributed by atoms with van der Waals surface area (Å²) in [5.41, 5.74) is -0.0842. The normalized spacial score (nSPS) is 40.0. The maximum atomic E-state index is 14.4. The fourth-order valence-electron chi connectivity index (χ4n) is 7.94. The minimum Gasteiger partial charge on any atom is -0.465 e. The van der Waals surface area contributed by atoms with Gasteiger partial charge in [-0.3, -0.25) is 14.4 Å². The van der Waals surface area contributed by atoms with E-state index in [1.807, 2.05) is 27.7 Å². The molecule has 4 aliphatic rings. The maximum absolute atomic E-state index is 14.4. The Morgan fingerprint density at radius 1 is 1.06 bits per heavy atom. The lowest BCUT2D eigenvalue weighted by Gasteiger charge is -2.50. The van der Waals surface area contributed by atoms with Crippen LogP contribution in [-0.4, -0.2) is 47.9 Å². The molecule has 3 aliphatic carbocycles. The van der Waals surface area contributed by atoms with E-state index in [1.165, 1.54) is 13.8 Å². The third kappa shape index (κ3) is 3.48. The molecule has 0 aromatic carbocycles. The van der Waals surface area contributed by atoms with Crippen molar-refractivity contribution in [2.45, 2.75) is 105 Å². The van der Waals surface area contributed by atoms with Crippen molar-refractivity contribution in [1.29, 1.82) is 0 Å². The number of Topliss-reactive ketones (excluding diaryl/α,β-unsaturated/α-hetero) is 1. The Morgan fingerprint density at radius 3 is 2.26 bits per heavy atom. The average Bonchev–Trinajstić information content (AvgIpc) is 3.12. The molecule has 34 heavy (non-hydrogen) atoms. The summed E-state index contributed by atoms with van der Waals surface area (Å²) < 4.78 is 24.5. The van der Waals surface area contributed by atoms with Gasteiger partial charge in [0.2, 0.25) is 5.78 Å². The highest BCUT2D eigenvalue weighted by Crippen LogP contribution is 2.68. The summed E-state index contributed by atoms with van der Waals surface area (Å²) in [5.74, 6) is -2.31. The Kier molecular flexibility index (Phi) is 5.88. The fraction of sp³-hybridized carbons (Fsp3) is 0.815. The minimum absolute atomic E-state index is 0.0790. The topological polar surface area (TPSA) is 88.1 Å². The average molecular weight is 477 g/mol. The van der Waals surface area contributed by atoms with Gasteiger partial charge in [0.15, 0.2) is 11.9 Å². The summed E-state index contributed by atoms with van der Waals surface area (Å²) in [6.45, 7) is 17.2. The van der Waals surface area contributed by atoms with Crippen LogP contribution in [0.15, 0.2) is 11.1 Å². The monoisotopic (exact) mass is 476 g/mol. The number of ether oxygens (including phenoxy) is 4. The van der Waals surface area contributed by atoms with E-state index in [0.29, 0.717) is 5.57 Å². The smallest absolute Gasteiger partial charge is 0.303 e. The molecule has 1 heterocycles. The van der Waals surface area contributed by atoms with Gasteiger partial charge in [-0.15, -0.1) is 0 Å². The van der Waals surface area contributed by atoms with Gasteiger partial charge in [-0.05, 0) is 49.5 Å². The van der Waals surface area contributed by atoms with Crippen molar-refractivity contribution in [3.8, 4) is 0 Å². The first-order valence-electron chi connectivity index (χ1n) is 12.6. The molecule has 1 aliphatic heterocycles. The van der Waals surface area contributed by atoms with Gasteiger partial charge in [0, 0.05) is 30.8 Å². The molecule has 7 heteroatoms. The Morgan fingerprint density at radius 2 is 1.71 bits per heavy atom. The molecule has 0 spiro atoms. The zero-order chi connectivity index (χ0) is 25.4. The second-order valence-electron chi connectivity index (χ2n) is 12.3. The molecule has 1 unspecified atom stereocenters. The number of fused-ring (bicyclic) bond motifs is 4. The number of hydrogen-bond donors (Lipinski definition) is 0. The van der Waals surface area contributed by atoms with Gasteiger partial charge < -0.3 is 18.9 Å². The van der Waals surface area contributed by atoms with E-state index in [0.717, 1.165) is 24.8 Å². The molecule has 0 bridgehead atoms. The highest BCUT2D eigenvalue weighted by Gasteiger charge is 2.73. The van der Waals surface area contributed by atoms with Crippen molar-refractivity contribution in [1.82, 2.24) is 0 Å². The third-order valence-corrected chi connectivity index (χ3v) is 8.77. The van der Waals surface area contributed by atoms with Gasteiger partial charge in [0.1, 0.15) is 11.7 Å². The molecule has 0 radical (unpaired) electrons. The van der Waals surface area contributed by atoms with Crippen LogP contribution in [0.5, 0.6) is 0 Å². The lowest BCUT2D eigenvalue weighted by molar-refractivity contribution is -0.207. The van der Waals surface area contributed by atoms with Crippen LogP contribution >= 0.6 is 0 Å². The van der Waals surface area contributed by atoms with Gasteiger partial charge in [0.05, 0.1) is 6.61 Å². The van der Waals surface area contributed by atoms with Crippen molar-refractivity contribution < 1.29 is 33.3 Å². The lowest BCUT2D eigenvalue weighted by Crippen LogP contribution is -2.63. The van der Waals surface area contributed by atoms with E-state index in [-0.39, 0.29) is 41.5 Å². The molecular formula is C27H40O7. The SMILES string of the molecule is CC(=O)OC[C@H]1C2=C(C(=O)C(OC(C)=O)[C@@]3(C(C)C)OC(C)(C)O[C@@H]23)[C@@]2(C)CCCC(C)(C)[C@H]12. The Balaban J connectivity index is 1.99. The second kappa shape index (κ2) is 7.89. The molecular weight excluding hydrogens is 436 g/mol. The summed E-state index contributed by atoms with van der Waals surface area (Å²) in [7, 11) is 0. The number of carbonyl (C=O) groups excluding carboxylic acids is 3. The van der Waals surface area contributed by atoms with E-state index in [1.54, 1.807) is 0 Å². The molecule has 0 aromatic rings. The van der Waals surface area contributed by atoms with Crippen LogP contribution in [0.3, 0.4) is 0 Å². The van der Waals surface area contributed by atoms with Crippen molar-refractivity contribution in [3.05, 3.63) is 11.1 Å². The van der Waals surface area contributed by atoms with Crippen molar-refractivity contribution in [2.24, 2.45) is 28.6 Å². The minimum atomic E-state index is -1.16. The van der Waals surface area contributed by atoms with Crippen LogP contribution in [0.4, 0.5) is 0 Å².